The third-order valence-corrected chi connectivity index (χ3v) is 2.80. The molecule has 0 bridgehead atoms. The van der Waals surface area contributed by atoms with Crippen molar-refractivity contribution < 1.29 is 0 Å². The van der Waals surface area contributed by atoms with Gasteiger partial charge in [-0.05, 0) is 36.8 Å². The minimum atomic E-state index is 0.988. The molecule has 0 radical (unpaired) electrons. The van der Waals surface area contributed by atoms with Gasteiger partial charge in [0, 0.05) is 4.47 Å². The molecular weight excluding hydrogens is 276 g/mol. The van der Waals surface area contributed by atoms with Crippen molar-refractivity contribution in [2.24, 2.45) is 5.10 Å². The molecule has 0 aliphatic carbocycles. The van der Waals surface area contributed by atoms with Gasteiger partial charge in [0.2, 0.25) is 0 Å². The third-order valence-electron chi connectivity index (χ3n) is 2.31. The van der Waals surface area contributed by atoms with Crippen LogP contribution in [0.1, 0.15) is 11.1 Å². The lowest BCUT2D eigenvalue weighted by Gasteiger charge is -2.00. The molecule has 0 saturated carbocycles. The highest BCUT2D eigenvalue weighted by Gasteiger charge is 1.90. The highest BCUT2D eigenvalue weighted by molar-refractivity contribution is 9.10. The fourth-order valence-corrected chi connectivity index (χ4v) is 1.81. The Bertz CT molecular complexity index is 518. The summed E-state index contributed by atoms with van der Waals surface area (Å²) in [6.45, 7) is 2.06. The van der Waals surface area contributed by atoms with Gasteiger partial charge in [-0.15, -0.1) is 0 Å². The Balaban J connectivity index is 2.00. The summed E-state index contributed by atoms with van der Waals surface area (Å²) in [5.74, 6) is 0. The molecule has 0 aromatic heterocycles. The summed E-state index contributed by atoms with van der Waals surface area (Å²) in [5.41, 5.74) is 6.28. The number of nitrogens with one attached hydrogen (secondary N) is 1. The Morgan fingerprint density at radius 2 is 1.88 bits per heavy atom. The van der Waals surface area contributed by atoms with Crippen LogP contribution in [-0.4, -0.2) is 6.21 Å². The SMILES string of the molecule is Cc1ccc(N/N=C/c2cccc(Br)c2)cc1. The van der Waals surface area contributed by atoms with E-state index in [4.69, 9.17) is 0 Å². The summed E-state index contributed by atoms with van der Waals surface area (Å²) < 4.78 is 1.05. The number of rotatable bonds is 3. The number of hydrogen-bond acceptors (Lipinski definition) is 2. The molecule has 0 unspecified atom stereocenters. The molecule has 0 atom stereocenters. The van der Waals surface area contributed by atoms with Crippen LogP contribution in [0.3, 0.4) is 0 Å². The van der Waals surface area contributed by atoms with Crippen LogP contribution in [0.4, 0.5) is 5.69 Å². The quantitative estimate of drug-likeness (QED) is 0.664. The average molecular weight is 289 g/mol. The molecule has 0 fully saturated rings. The predicted molar refractivity (Wildman–Crippen MR) is 76.5 cm³/mol. The number of aryl methyl sites for hydroxylation is 1. The monoisotopic (exact) mass is 288 g/mol. The topological polar surface area (TPSA) is 24.4 Å². The van der Waals surface area contributed by atoms with Crippen LogP contribution in [0.2, 0.25) is 0 Å². The Kier molecular flexibility index (Phi) is 3.94. The normalized spacial score (nSPS) is 10.7. The molecule has 86 valence electrons. The lowest BCUT2D eigenvalue weighted by Crippen LogP contribution is -1.90. The molecule has 0 spiro atoms. The first kappa shape index (κ1) is 11.9. The van der Waals surface area contributed by atoms with E-state index in [1.54, 1.807) is 6.21 Å². The molecule has 0 saturated heterocycles. The molecule has 3 heteroatoms. The van der Waals surface area contributed by atoms with Crippen LogP contribution in [0, 0.1) is 6.92 Å². The van der Waals surface area contributed by atoms with E-state index in [2.05, 4.69) is 45.5 Å². The van der Waals surface area contributed by atoms with Gasteiger partial charge in [-0.1, -0.05) is 45.8 Å². The van der Waals surface area contributed by atoms with Crippen LogP contribution < -0.4 is 5.43 Å². The maximum Gasteiger partial charge on any atom is 0.0561 e. The van der Waals surface area contributed by atoms with Gasteiger partial charge in [0.1, 0.15) is 0 Å². The first-order valence-corrected chi connectivity index (χ1v) is 6.15. The summed E-state index contributed by atoms with van der Waals surface area (Å²) >= 11 is 3.42. The van der Waals surface area contributed by atoms with Crippen molar-refractivity contribution >= 4 is 27.8 Å². The second-order valence-electron chi connectivity index (χ2n) is 3.79. The molecule has 0 aliphatic rings. The zero-order valence-corrected chi connectivity index (χ0v) is 11.1. The van der Waals surface area contributed by atoms with Gasteiger partial charge in [0.25, 0.3) is 0 Å². The fraction of sp³-hybridized carbons (Fsp3) is 0.0714. The maximum absolute atomic E-state index is 4.19. The van der Waals surface area contributed by atoms with E-state index in [9.17, 15) is 0 Å². The molecule has 2 rings (SSSR count). The Morgan fingerprint density at radius 1 is 1.12 bits per heavy atom. The molecule has 1 N–H and O–H groups in total. The summed E-state index contributed by atoms with van der Waals surface area (Å²) in [7, 11) is 0. The van der Waals surface area contributed by atoms with Gasteiger partial charge in [-0.2, -0.15) is 5.10 Å². The summed E-state index contributed by atoms with van der Waals surface area (Å²) in [5, 5.41) is 4.19. The van der Waals surface area contributed by atoms with Gasteiger partial charge < -0.3 is 0 Å². The van der Waals surface area contributed by atoms with E-state index >= 15 is 0 Å². The second-order valence-corrected chi connectivity index (χ2v) is 4.71. The van der Waals surface area contributed by atoms with Gasteiger partial charge in [0.05, 0.1) is 11.9 Å². The summed E-state index contributed by atoms with van der Waals surface area (Å²) in [6, 6.07) is 16.1. The van der Waals surface area contributed by atoms with Crippen LogP contribution in [0.5, 0.6) is 0 Å². The van der Waals surface area contributed by atoms with Crippen molar-refractivity contribution in [3.8, 4) is 0 Å². The van der Waals surface area contributed by atoms with Crippen LogP contribution in [0.25, 0.3) is 0 Å². The zero-order valence-electron chi connectivity index (χ0n) is 9.52. The van der Waals surface area contributed by atoms with E-state index in [-0.39, 0.29) is 0 Å². The van der Waals surface area contributed by atoms with Crippen molar-refractivity contribution in [3.63, 3.8) is 0 Å². The van der Waals surface area contributed by atoms with E-state index in [0.717, 1.165) is 15.7 Å². The third kappa shape index (κ3) is 3.71. The first-order chi connectivity index (χ1) is 8.24. The fourth-order valence-electron chi connectivity index (χ4n) is 1.40. The highest BCUT2D eigenvalue weighted by atomic mass is 79.9. The second kappa shape index (κ2) is 5.64. The summed E-state index contributed by atoms with van der Waals surface area (Å²) in [4.78, 5) is 0. The predicted octanol–water partition coefficient (Wildman–Crippen LogP) is 4.20. The van der Waals surface area contributed by atoms with E-state index in [1.165, 1.54) is 5.56 Å². The number of benzene rings is 2. The Morgan fingerprint density at radius 3 is 2.59 bits per heavy atom. The molecule has 17 heavy (non-hydrogen) atoms. The van der Waals surface area contributed by atoms with Gasteiger partial charge in [-0.3, -0.25) is 5.43 Å². The smallest absolute Gasteiger partial charge is 0.0561 e. The van der Waals surface area contributed by atoms with Crippen LogP contribution >= 0.6 is 15.9 Å². The average Bonchev–Trinajstić information content (AvgIpc) is 2.32. The van der Waals surface area contributed by atoms with E-state index in [0.29, 0.717) is 0 Å². The molecule has 0 heterocycles. The lowest BCUT2D eigenvalue weighted by molar-refractivity contribution is 1.34. The van der Waals surface area contributed by atoms with Crippen molar-refractivity contribution in [1.82, 2.24) is 0 Å². The molecule has 0 amide bonds. The van der Waals surface area contributed by atoms with Gasteiger partial charge in [-0.25, -0.2) is 0 Å². The first-order valence-electron chi connectivity index (χ1n) is 5.35. The number of anilines is 1. The van der Waals surface area contributed by atoms with Crippen molar-refractivity contribution in [1.29, 1.82) is 0 Å². The molecule has 2 aromatic carbocycles. The Hall–Kier alpha value is -1.61. The standard InChI is InChI=1S/C14H13BrN2/c1-11-5-7-14(8-6-11)17-16-10-12-3-2-4-13(15)9-12/h2-10,17H,1H3/b16-10+. The van der Waals surface area contributed by atoms with Gasteiger partial charge >= 0.3 is 0 Å². The van der Waals surface area contributed by atoms with Crippen molar-refractivity contribution in [2.75, 3.05) is 5.43 Å². The minimum Gasteiger partial charge on any atom is -0.279 e. The highest BCUT2D eigenvalue weighted by Crippen LogP contribution is 2.11. The number of halogens is 1. The molecule has 2 aromatic rings. The lowest BCUT2D eigenvalue weighted by atomic mass is 10.2. The number of hydrogen-bond donors (Lipinski definition) is 1. The largest absolute Gasteiger partial charge is 0.279 e. The van der Waals surface area contributed by atoms with E-state index < -0.39 is 0 Å². The van der Waals surface area contributed by atoms with Crippen LogP contribution in [-0.2, 0) is 0 Å². The van der Waals surface area contributed by atoms with Crippen molar-refractivity contribution in [2.45, 2.75) is 6.92 Å². The van der Waals surface area contributed by atoms with Gasteiger partial charge in [0.15, 0.2) is 0 Å². The minimum absolute atomic E-state index is 0.988. The zero-order chi connectivity index (χ0) is 12.1. The van der Waals surface area contributed by atoms with E-state index in [1.807, 2.05) is 36.4 Å². The van der Waals surface area contributed by atoms with Crippen LogP contribution in [0.15, 0.2) is 58.1 Å². The molecule has 2 nitrogen and oxygen atoms in total. The summed E-state index contributed by atoms with van der Waals surface area (Å²) in [6.07, 6.45) is 1.80. The molecular formula is C14H13BrN2. The Labute approximate surface area is 110 Å². The number of nitrogens with zero attached hydrogens (tertiary/aromatic N) is 1. The maximum atomic E-state index is 4.19. The molecule has 0 aliphatic heterocycles. The van der Waals surface area contributed by atoms with Crippen molar-refractivity contribution in [3.05, 3.63) is 64.1 Å². The number of hydrazone groups is 1.